The van der Waals surface area contributed by atoms with Crippen molar-refractivity contribution in [2.24, 2.45) is 0 Å². The highest BCUT2D eigenvalue weighted by Gasteiger charge is 2.24. The maximum atomic E-state index is 12.0. The fourth-order valence-corrected chi connectivity index (χ4v) is 3.40. The maximum absolute atomic E-state index is 12.0. The third kappa shape index (κ3) is 4.89. The molecule has 0 bridgehead atoms. The van der Waals surface area contributed by atoms with Crippen LogP contribution in [0.5, 0.6) is 0 Å². The van der Waals surface area contributed by atoms with Crippen molar-refractivity contribution in [3.05, 3.63) is 65.5 Å². The Bertz CT molecular complexity index is 699. The number of amides is 1. The second-order valence-electron chi connectivity index (χ2n) is 7.08. The molecule has 0 N–H and O–H groups in total. The number of nitrogens with zero attached hydrogens (tertiary/aromatic N) is 3. The normalized spacial score (nSPS) is 18.1. The Balaban J connectivity index is 1.67. The molecule has 1 unspecified atom stereocenters. The molecule has 0 spiro atoms. The third-order valence-electron chi connectivity index (χ3n) is 4.84. The molecular weight excluding hydrogens is 310 g/mol. The van der Waals surface area contributed by atoms with Crippen molar-refractivity contribution in [2.45, 2.75) is 25.2 Å². The standard InChI is InChI=1S/C21H27N3O/c1-23(2)21(25)16-24-13-7-10-18(15-24)20-12-6-11-19(22-20)14-17-8-4-3-5-9-17/h3-6,8-9,11-12,18H,7,10,13-16H2,1-2H3. The van der Waals surface area contributed by atoms with E-state index < -0.39 is 0 Å². The van der Waals surface area contributed by atoms with Crippen molar-refractivity contribution in [3.63, 3.8) is 0 Å². The smallest absolute Gasteiger partial charge is 0.236 e. The van der Waals surface area contributed by atoms with Gasteiger partial charge in [0.15, 0.2) is 0 Å². The topological polar surface area (TPSA) is 36.4 Å². The van der Waals surface area contributed by atoms with Crippen LogP contribution in [0.3, 0.4) is 0 Å². The van der Waals surface area contributed by atoms with Gasteiger partial charge < -0.3 is 4.90 Å². The van der Waals surface area contributed by atoms with Gasteiger partial charge >= 0.3 is 0 Å². The molecule has 0 saturated carbocycles. The van der Waals surface area contributed by atoms with Crippen molar-refractivity contribution in [3.8, 4) is 0 Å². The molecule has 0 aliphatic carbocycles. The first-order valence-electron chi connectivity index (χ1n) is 9.04. The highest BCUT2D eigenvalue weighted by atomic mass is 16.2. The Morgan fingerprint density at radius 2 is 1.96 bits per heavy atom. The van der Waals surface area contributed by atoms with E-state index in [1.807, 2.05) is 20.2 Å². The molecular formula is C21H27N3O. The minimum atomic E-state index is 0.173. The number of piperidine rings is 1. The number of aromatic nitrogens is 1. The van der Waals surface area contributed by atoms with Gasteiger partial charge in [0.2, 0.25) is 5.91 Å². The zero-order valence-electron chi connectivity index (χ0n) is 15.2. The Kier molecular flexibility index (Phi) is 5.82. The number of carbonyl (C=O) groups excluding carboxylic acids is 1. The fraction of sp³-hybridized carbons (Fsp3) is 0.429. The van der Waals surface area contributed by atoms with Crippen LogP contribution >= 0.6 is 0 Å². The first-order valence-corrected chi connectivity index (χ1v) is 9.04. The number of rotatable bonds is 5. The number of hydrogen-bond acceptors (Lipinski definition) is 3. The average Bonchev–Trinajstić information content (AvgIpc) is 2.63. The lowest BCUT2D eigenvalue weighted by atomic mass is 9.94. The Hall–Kier alpha value is -2.20. The summed E-state index contributed by atoms with van der Waals surface area (Å²) >= 11 is 0. The lowest BCUT2D eigenvalue weighted by Crippen LogP contribution is -2.41. The fourth-order valence-electron chi connectivity index (χ4n) is 3.40. The molecule has 4 nitrogen and oxygen atoms in total. The summed E-state index contributed by atoms with van der Waals surface area (Å²) in [4.78, 5) is 20.8. The van der Waals surface area contributed by atoms with Crippen molar-refractivity contribution in [1.29, 1.82) is 0 Å². The summed E-state index contributed by atoms with van der Waals surface area (Å²) in [5.74, 6) is 0.589. The Morgan fingerprint density at radius 1 is 1.16 bits per heavy atom. The summed E-state index contributed by atoms with van der Waals surface area (Å²) in [7, 11) is 3.64. The second kappa shape index (κ2) is 8.26. The van der Waals surface area contributed by atoms with Gasteiger partial charge in [0.25, 0.3) is 0 Å². The van der Waals surface area contributed by atoms with Crippen LogP contribution < -0.4 is 0 Å². The van der Waals surface area contributed by atoms with Crippen LogP contribution in [-0.4, -0.2) is 54.4 Å². The van der Waals surface area contributed by atoms with Crippen LogP contribution in [0.1, 0.15) is 35.7 Å². The molecule has 1 aliphatic rings. The van der Waals surface area contributed by atoms with Gasteiger partial charge in [-0.3, -0.25) is 14.7 Å². The predicted molar refractivity (Wildman–Crippen MR) is 101 cm³/mol. The molecule has 1 aromatic carbocycles. The number of pyridine rings is 1. The van der Waals surface area contributed by atoms with Gasteiger partial charge in [-0.1, -0.05) is 36.4 Å². The van der Waals surface area contributed by atoms with Gasteiger partial charge in [-0.15, -0.1) is 0 Å². The zero-order valence-corrected chi connectivity index (χ0v) is 15.2. The minimum absolute atomic E-state index is 0.173. The largest absolute Gasteiger partial charge is 0.348 e. The average molecular weight is 337 g/mol. The molecule has 1 aromatic heterocycles. The predicted octanol–water partition coefficient (Wildman–Crippen LogP) is 2.94. The quantitative estimate of drug-likeness (QED) is 0.842. The van der Waals surface area contributed by atoms with E-state index in [0.29, 0.717) is 12.5 Å². The van der Waals surface area contributed by atoms with E-state index in [2.05, 4.69) is 47.4 Å². The van der Waals surface area contributed by atoms with Crippen LogP contribution in [0.25, 0.3) is 0 Å². The van der Waals surface area contributed by atoms with Crippen molar-refractivity contribution >= 4 is 5.91 Å². The number of likely N-dealkylation sites (tertiary alicyclic amines) is 1. The first kappa shape index (κ1) is 17.6. The lowest BCUT2D eigenvalue weighted by molar-refractivity contribution is -0.130. The van der Waals surface area contributed by atoms with Crippen LogP contribution in [-0.2, 0) is 11.2 Å². The summed E-state index contributed by atoms with van der Waals surface area (Å²) < 4.78 is 0. The van der Waals surface area contributed by atoms with Crippen LogP contribution in [0, 0.1) is 0 Å². The van der Waals surface area contributed by atoms with Gasteiger partial charge in [-0.25, -0.2) is 0 Å². The van der Waals surface area contributed by atoms with E-state index >= 15 is 0 Å². The molecule has 1 fully saturated rings. The Labute approximate surface area is 150 Å². The molecule has 132 valence electrons. The summed E-state index contributed by atoms with van der Waals surface area (Å²) in [5.41, 5.74) is 3.56. The maximum Gasteiger partial charge on any atom is 0.236 e. The molecule has 2 aromatic rings. The summed E-state index contributed by atoms with van der Waals surface area (Å²) in [5, 5.41) is 0. The van der Waals surface area contributed by atoms with Gasteiger partial charge in [-0.05, 0) is 37.1 Å². The number of benzene rings is 1. The van der Waals surface area contributed by atoms with Crippen LogP contribution in [0.15, 0.2) is 48.5 Å². The van der Waals surface area contributed by atoms with E-state index in [-0.39, 0.29) is 5.91 Å². The number of carbonyl (C=O) groups is 1. The lowest BCUT2D eigenvalue weighted by Gasteiger charge is -2.32. The van der Waals surface area contributed by atoms with E-state index in [1.54, 1.807) is 4.90 Å². The first-order chi connectivity index (χ1) is 12.1. The molecule has 3 rings (SSSR count). The van der Waals surface area contributed by atoms with Gasteiger partial charge in [0.05, 0.1) is 6.54 Å². The van der Waals surface area contributed by atoms with E-state index in [1.165, 1.54) is 5.56 Å². The van der Waals surface area contributed by atoms with Crippen molar-refractivity contribution in [1.82, 2.24) is 14.8 Å². The van der Waals surface area contributed by atoms with E-state index in [4.69, 9.17) is 4.98 Å². The molecule has 25 heavy (non-hydrogen) atoms. The second-order valence-corrected chi connectivity index (χ2v) is 7.08. The molecule has 1 saturated heterocycles. The molecule has 1 atom stereocenters. The minimum Gasteiger partial charge on any atom is -0.348 e. The van der Waals surface area contributed by atoms with Crippen LogP contribution in [0.4, 0.5) is 0 Å². The summed E-state index contributed by atoms with van der Waals surface area (Å²) in [6.45, 7) is 2.42. The van der Waals surface area contributed by atoms with Crippen LogP contribution in [0.2, 0.25) is 0 Å². The molecule has 0 radical (unpaired) electrons. The van der Waals surface area contributed by atoms with E-state index in [0.717, 1.165) is 43.7 Å². The van der Waals surface area contributed by atoms with Crippen molar-refractivity contribution in [2.75, 3.05) is 33.7 Å². The third-order valence-corrected chi connectivity index (χ3v) is 4.84. The van der Waals surface area contributed by atoms with Crippen molar-refractivity contribution < 1.29 is 4.79 Å². The van der Waals surface area contributed by atoms with Gasteiger partial charge in [-0.2, -0.15) is 0 Å². The van der Waals surface area contributed by atoms with Gasteiger partial charge in [0, 0.05) is 44.4 Å². The summed E-state index contributed by atoms with van der Waals surface area (Å²) in [6, 6.07) is 16.8. The SMILES string of the molecule is CN(C)C(=O)CN1CCCC(c2cccc(Cc3ccccc3)n2)C1. The highest BCUT2D eigenvalue weighted by molar-refractivity contribution is 5.77. The highest BCUT2D eigenvalue weighted by Crippen LogP contribution is 2.26. The monoisotopic (exact) mass is 337 g/mol. The number of likely N-dealkylation sites (N-methyl/N-ethyl adjacent to an activating group) is 1. The molecule has 1 aliphatic heterocycles. The number of hydrogen-bond donors (Lipinski definition) is 0. The molecule has 4 heteroatoms. The summed E-state index contributed by atoms with van der Waals surface area (Å²) in [6.07, 6.45) is 3.13. The molecule has 1 amide bonds. The molecule has 2 heterocycles. The van der Waals surface area contributed by atoms with E-state index in [9.17, 15) is 4.79 Å². The van der Waals surface area contributed by atoms with Gasteiger partial charge in [0.1, 0.15) is 0 Å². The zero-order chi connectivity index (χ0) is 17.6. The Morgan fingerprint density at radius 3 is 2.72 bits per heavy atom.